The lowest BCUT2D eigenvalue weighted by Crippen LogP contribution is -2.48. The van der Waals surface area contributed by atoms with Gasteiger partial charge in [0.25, 0.3) is 5.91 Å². The molecule has 6 heteroatoms. The number of hydrogen-bond acceptors (Lipinski definition) is 4. The van der Waals surface area contributed by atoms with Gasteiger partial charge < -0.3 is 15.2 Å². The van der Waals surface area contributed by atoms with E-state index in [2.05, 4.69) is 5.16 Å². The molecule has 2 atom stereocenters. The zero-order valence-electron chi connectivity index (χ0n) is 13.9. The van der Waals surface area contributed by atoms with Crippen LogP contribution >= 0.6 is 0 Å². The van der Waals surface area contributed by atoms with Gasteiger partial charge in [0.1, 0.15) is 5.69 Å². The summed E-state index contributed by atoms with van der Waals surface area (Å²) in [5.74, 6) is -0.732. The molecule has 1 aromatic carbocycles. The molecule has 1 aliphatic heterocycles. The zero-order valence-corrected chi connectivity index (χ0v) is 13.9. The summed E-state index contributed by atoms with van der Waals surface area (Å²) in [6, 6.07) is 9.53. The van der Waals surface area contributed by atoms with Crippen molar-refractivity contribution >= 4 is 11.8 Å². The molecule has 2 amide bonds. The number of carbonyl (C=O) groups excluding carboxylic acids is 2. The van der Waals surface area contributed by atoms with E-state index in [1.54, 1.807) is 11.0 Å². The van der Waals surface area contributed by atoms with Crippen LogP contribution in [0.3, 0.4) is 0 Å². The summed E-state index contributed by atoms with van der Waals surface area (Å²) in [4.78, 5) is 25.8. The zero-order chi connectivity index (χ0) is 17.3. The van der Waals surface area contributed by atoms with E-state index >= 15 is 0 Å². The predicted octanol–water partition coefficient (Wildman–Crippen LogP) is 2.38. The smallest absolute Gasteiger partial charge is 0.292 e. The third kappa shape index (κ3) is 3.18. The van der Waals surface area contributed by atoms with Gasteiger partial charge in [0.15, 0.2) is 0 Å². The van der Waals surface area contributed by atoms with Crippen LogP contribution in [-0.2, 0) is 4.79 Å². The number of hydrogen-bond donors (Lipinski definition) is 1. The van der Waals surface area contributed by atoms with Gasteiger partial charge >= 0.3 is 0 Å². The molecule has 2 aromatic rings. The molecule has 0 spiro atoms. The van der Waals surface area contributed by atoms with Crippen molar-refractivity contribution in [1.82, 2.24) is 10.1 Å². The molecule has 1 saturated heterocycles. The number of piperidine rings is 1. The summed E-state index contributed by atoms with van der Waals surface area (Å²) in [7, 11) is 0. The second kappa shape index (κ2) is 6.47. The Morgan fingerprint density at radius 2 is 1.96 bits per heavy atom. The van der Waals surface area contributed by atoms with Crippen molar-refractivity contribution in [1.29, 1.82) is 0 Å². The number of nitrogens with two attached hydrogens (primary N) is 1. The molecule has 0 radical (unpaired) electrons. The summed E-state index contributed by atoms with van der Waals surface area (Å²) in [5.41, 5.74) is 8.06. The highest BCUT2D eigenvalue weighted by Crippen LogP contribution is 2.25. The van der Waals surface area contributed by atoms with Gasteiger partial charge in [-0.25, -0.2) is 0 Å². The molecule has 0 aliphatic carbocycles. The maximum absolute atomic E-state index is 12.7. The van der Waals surface area contributed by atoms with Crippen LogP contribution in [0.5, 0.6) is 0 Å². The number of nitrogens with zero attached hydrogens (tertiary/aromatic N) is 2. The average molecular weight is 327 g/mol. The van der Waals surface area contributed by atoms with E-state index in [1.807, 2.05) is 38.1 Å². The molecule has 126 valence electrons. The van der Waals surface area contributed by atoms with E-state index in [0.29, 0.717) is 18.7 Å². The van der Waals surface area contributed by atoms with Crippen molar-refractivity contribution < 1.29 is 14.1 Å². The minimum atomic E-state index is -0.363. The molecule has 24 heavy (non-hydrogen) atoms. The van der Waals surface area contributed by atoms with Crippen molar-refractivity contribution in [2.75, 3.05) is 6.54 Å². The number of primary amides is 1. The van der Waals surface area contributed by atoms with Crippen molar-refractivity contribution in [2.45, 2.75) is 32.7 Å². The number of benzene rings is 1. The highest BCUT2D eigenvalue weighted by atomic mass is 16.5. The van der Waals surface area contributed by atoms with E-state index < -0.39 is 0 Å². The van der Waals surface area contributed by atoms with Crippen molar-refractivity contribution in [3.05, 3.63) is 41.7 Å². The standard InChI is InChI=1S/C18H21N3O3/c1-11-3-6-13(7-4-11)15-9-16(24-20-15)18(23)21-10-14(17(19)22)8-5-12(21)2/h3-4,6-7,9,12,14H,5,8,10H2,1-2H3,(H2,19,22)/t12-,14-/m1/s1. The predicted molar refractivity (Wildman–Crippen MR) is 89.1 cm³/mol. The second-order valence-corrected chi connectivity index (χ2v) is 6.43. The molecule has 2 N–H and O–H groups in total. The molecule has 0 saturated carbocycles. The fraction of sp³-hybridized carbons (Fsp3) is 0.389. The molecule has 1 aromatic heterocycles. The third-order valence-corrected chi connectivity index (χ3v) is 4.61. The van der Waals surface area contributed by atoms with Crippen LogP contribution in [0.25, 0.3) is 11.3 Å². The van der Waals surface area contributed by atoms with Gasteiger partial charge in [0.05, 0.1) is 5.92 Å². The minimum Gasteiger partial charge on any atom is -0.369 e. The molecule has 1 fully saturated rings. The summed E-state index contributed by atoms with van der Waals surface area (Å²) in [6.07, 6.45) is 1.46. The number of rotatable bonds is 3. The van der Waals surface area contributed by atoms with Gasteiger partial charge in [-0.05, 0) is 26.7 Å². The fourth-order valence-electron chi connectivity index (χ4n) is 3.00. The lowest BCUT2D eigenvalue weighted by molar-refractivity contribution is -0.123. The largest absolute Gasteiger partial charge is 0.369 e. The Morgan fingerprint density at radius 1 is 1.25 bits per heavy atom. The molecule has 6 nitrogen and oxygen atoms in total. The van der Waals surface area contributed by atoms with Crippen LogP contribution in [0, 0.1) is 12.8 Å². The topological polar surface area (TPSA) is 89.4 Å². The van der Waals surface area contributed by atoms with Crippen molar-refractivity contribution in [3.63, 3.8) is 0 Å². The Hall–Kier alpha value is -2.63. The quantitative estimate of drug-likeness (QED) is 0.937. The second-order valence-electron chi connectivity index (χ2n) is 6.43. The maximum Gasteiger partial charge on any atom is 0.292 e. The van der Waals surface area contributed by atoms with Gasteiger partial charge in [-0.1, -0.05) is 35.0 Å². The Morgan fingerprint density at radius 3 is 2.62 bits per heavy atom. The molecular weight excluding hydrogens is 306 g/mol. The van der Waals surface area contributed by atoms with Gasteiger partial charge in [-0.3, -0.25) is 9.59 Å². The molecule has 3 rings (SSSR count). The molecule has 1 aliphatic rings. The van der Waals surface area contributed by atoms with Crippen molar-refractivity contribution in [3.8, 4) is 11.3 Å². The number of amides is 2. The fourth-order valence-corrected chi connectivity index (χ4v) is 3.00. The lowest BCUT2D eigenvalue weighted by atomic mass is 9.92. The Labute approximate surface area is 140 Å². The van der Waals surface area contributed by atoms with Gasteiger partial charge in [0.2, 0.25) is 11.7 Å². The Kier molecular flexibility index (Phi) is 4.38. The summed E-state index contributed by atoms with van der Waals surface area (Å²) >= 11 is 0. The first-order valence-electron chi connectivity index (χ1n) is 8.09. The van der Waals surface area contributed by atoms with Crippen molar-refractivity contribution in [2.24, 2.45) is 11.7 Å². The van der Waals surface area contributed by atoms with Crippen LogP contribution in [0.1, 0.15) is 35.9 Å². The average Bonchev–Trinajstić information content (AvgIpc) is 3.05. The van der Waals surface area contributed by atoms with Gasteiger partial charge in [0, 0.05) is 24.2 Å². The first-order valence-corrected chi connectivity index (χ1v) is 8.09. The summed E-state index contributed by atoms with van der Waals surface area (Å²) in [6.45, 7) is 4.30. The normalized spacial score (nSPS) is 20.8. The highest BCUT2D eigenvalue weighted by molar-refractivity contribution is 5.93. The maximum atomic E-state index is 12.7. The summed E-state index contributed by atoms with van der Waals surface area (Å²) < 4.78 is 5.25. The summed E-state index contributed by atoms with van der Waals surface area (Å²) in [5, 5.41) is 4.00. The minimum absolute atomic E-state index is 0.0426. The van der Waals surface area contributed by atoms with Gasteiger partial charge in [-0.2, -0.15) is 0 Å². The molecular formula is C18H21N3O3. The van der Waals surface area contributed by atoms with Crippen LogP contribution in [0.4, 0.5) is 0 Å². The van der Waals surface area contributed by atoms with Gasteiger partial charge in [-0.15, -0.1) is 0 Å². The van der Waals surface area contributed by atoms with Crippen LogP contribution in [0.15, 0.2) is 34.9 Å². The van der Waals surface area contributed by atoms with E-state index in [1.165, 1.54) is 0 Å². The lowest BCUT2D eigenvalue weighted by Gasteiger charge is -2.36. The third-order valence-electron chi connectivity index (χ3n) is 4.61. The van der Waals surface area contributed by atoms with Crippen LogP contribution in [-0.4, -0.2) is 34.5 Å². The van der Waals surface area contributed by atoms with E-state index in [0.717, 1.165) is 17.5 Å². The van der Waals surface area contributed by atoms with Crippen LogP contribution < -0.4 is 5.73 Å². The van der Waals surface area contributed by atoms with Crippen LogP contribution in [0.2, 0.25) is 0 Å². The SMILES string of the molecule is Cc1ccc(-c2cc(C(=O)N3C[C@H](C(N)=O)CC[C@H]3C)on2)cc1. The number of carbonyl (C=O) groups is 2. The number of aryl methyl sites for hydroxylation is 1. The first kappa shape index (κ1) is 16.2. The number of aromatic nitrogens is 1. The Balaban J connectivity index is 1.80. The Bertz CT molecular complexity index is 751. The monoisotopic (exact) mass is 327 g/mol. The molecule has 2 heterocycles. The highest BCUT2D eigenvalue weighted by Gasteiger charge is 2.33. The molecule has 0 unspecified atom stereocenters. The van der Waals surface area contributed by atoms with E-state index in [4.69, 9.17) is 10.3 Å². The van der Waals surface area contributed by atoms with E-state index in [-0.39, 0.29) is 29.5 Å². The molecule has 0 bridgehead atoms. The number of likely N-dealkylation sites (tertiary alicyclic amines) is 1. The van der Waals surface area contributed by atoms with E-state index in [9.17, 15) is 9.59 Å². The first-order chi connectivity index (χ1) is 11.5.